The summed E-state index contributed by atoms with van der Waals surface area (Å²) in [6.07, 6.45) is 0. The molecule has 8 heavy (non-hydrogen) atoms. The Kier molecular flexibility index (Phi) is 1.77. The van der Waals surface area contributed by atoms with Crippen LogP contribution < -0.4 is 0 Å². The third-order valence-corrected chi connectivity index (χ3v) is 1.11. The van der Waals surface area contributed by atoms with E-state index in [2.05, 4.69) is 12.1 Å². The fraction of sp³-hybridized carbons (Fsp3) is 0. The molecule has 0 aliphatic rings. The molecule has 40 valence electrons. The summed E-state index contributed by atoms with van der Waals surface area (Å²) in [5.74, 6) is 0. The molecule has 1 rings (SSSR count). The molecular formula is C6H2Cl2. The second-order valence-corrected chi connectivity index (χ2v) is 2.09. The summed E-state index contributed by atoms with van der Waals surface area (Å²) < 4.78 is 0. The van der Waals surface area contributed by atoms with Crippen molar-refractivity contribution in [2.75, 3.05) is 0 Å². The first-order chi connectivity index (χ1) is 3.79. The average Bonchev–Trinajstić information content (AvgIpc) is 1.64. The lowest BCUT2D eigenvalue weighted by Crippen LogP contribution is -1.63. The van der Waals surface area contributed by atoms with Gasteiger partial charge in [0, 0.05) is 22.2 Å². The van der Waals surface area contributed by atoms with Crippen LogP contribution in [0.15, 0.2) is 12.1 Å². The van der Waals surface area contributed by atoms with Gasteiger partial charge < -0.3 is 0 Å². The van der Waals surface area contributed by atoms with Gasteiger partial charge in [-0.15, -0.1) is 0 Å². The summed E-state index contributed by atoms with van der Waals surface area (Å²) in [6, 6.07) is 8.54. The first kappa shape index (κ1) is 5.93. The van der Waals surface area contributed by atoms with Crippen LogP contribution in [0.5, 0.6) is 0 Å². The minimum atomic E-state index is 0.522. The second-order valence-electron chi connectivity index (χ2n) is 1.27. The van der Waals surface area contributed by atoms with Gasteiger partial charge in [0.25, 0.3) is 0 Å². The predicted octanol–water partition coefficient (Wildman–Crippen LogP) is 2.59. The average molecular weight is 145 g/mol. The van der Waals surface area contributed by atoms with Crippen LogP contribution in [0.2, 0.25) is 10.0 Å². The molecule has 2 radical (unpaired) electrons. The summed E-state index contributed by atoms with van der Waals surface area (Å²) in [7, 11) is 0. The summed E-state index contributed by atoms with van der Waals surface area (Å²) in [5, 5.41) is 1.04. The Morgan fingerprint density at radius 3 is 1.88 bits per heavy atom. The first-order valence-corrected chi connectivity index (χ1v) is 2.79. The smallest absolute Gasteiger partial charge is 0.0500 e. The van der Waals surface area contributed by atoms with Gasteiger partial charge in [0.05, 0.1) is 0 Å². The molecule has 0 fully saturated rings. The topological polar surface area (TPSA) is 0 Å². The standard InChI is InChI=1S/C6H2Cl2/c7-5-2-1-3-6(8)4-5/h1,4H. The van der Waals surface area contributed by atoms with Gasteiger partial charge in [-0.2, -0.15) is 0 Å². The number of benzene rings is 1. The first-order valence-electron chi connectivity index (χ1n) is 2.03. The van der Waals surface area contributed by atoms with Gasteiger partial charge in [-0.3, -0.25) is 0 Å². The van der Waals surface area contributed by atoms with E-state index < -0.39 is 0 Å². The second kappa shape index (κ2) is 2.38. The third kappa shape index (κ3) is 1.39. The van der Waals surface area contributed by atoms with Crippen molar-refractivity contribution in [3.8, 4) is 0 Å². The molecule has 0 saturated carbocycles. The lowest BCUT2D eigenvalue weighted by atomic mass is 10.4. The van der Waals surface area contributed by atoms with E-state index in [-0.39, 0.29) is 0 Å². The molecule has 0 bridgehead atoms. The van der Waals surface area contributed by atoms with E-state index in [0.29, 0.717) is 10.0 Å². The number of halogens is 2. The van der Waals surface area contributed by atoms with Crippen LogP contribution in [0.1, 0.15) is 0 Å². The number of rotatable bonds is 0. The van der Waals surface area contributed by atoms with E-state index in [4.69, 9.17) is 23.2 Å². The highest BCUT2D eigenvalue weighted by molar-refractivity contribution is 6.34. The maximum atomic E-state index is 5.48. The van der Waals surface area contributed by atoms with Crippen LogP contribution in [0, 0.1) is 12.1 Å². The van der Waals surface area contributed by atoms with Crippen LogP contribution in [0.4, 0.5) is 0 Å². The van der Waals surface area contributed by atoms with Crippen molar-refractivity contribution >= 4 is 23.2 Å². The molecule has 0 atom stereocenters. The fourth-order valence-corrected chi connectivity index (χ4v) is 0.752. The summed E-state index contributed by atoms with van der Waals surface area (Å²) >= 11 is 11.0. The van der Waals surface area contributed by atoms with Gasteiger partial charge in [0.2, 0.25) is 0 Å². The van der Waals surface area contributed by atoms with Crippen molar-refractivity contribution in [1.82, 2.24) is 0 Å². The molecule has 0 amide bonds. The van der Waals surface area contributed by atoms with Gasteiger partial charge in [-0.05, 0) is 12.1 Å². The van der Waals surface area contributed by atoms with E-state index in [0.717, 1.165) is 0 Å². The van der Waals surface area contributed by atoms with E-state index in [1.54, 1.807) is 12.1 Å². The minimum Gasteiger partial charge on any atom is -0.0836 e. The number of hydrogen-bond donors (Lipinski definition) is 0. The van der Waals surface area contributed by atoms with Crippen molar-refractivity contribution < 1.29 is 0 Å². The Labute approximate surface area is 58.0 Å². The molecule has 0 saturated heterocycles. The lowest BCUT2D eigenvalue weighted by Gasteiger charge is -1.85. The van der Waals surface area contributed by atoms with Gasteiger partial charge >= 0.3 is 0 Å². The SMILES string of the molecule is Clc1[c]c[c]c(Cl)c1. The quantitative estimate of drug-likeness (QED) is 0.526. The Morgan fingerprint density at radius 2 is 1.62 bits per heavy atom. The Bertz CT molecular complexity index is 166. The van der Waals surface area contributed by atoms with Crippen LogP contribution in [-0.4, -0.2) is 0 Å². The summed E-state index contributed by atoms with van der Waals surface area (Å²) in [5.41, 5.74) is 0. The van der Waals surface area contributed by atoms with Crippen molar-refractivity contribution in [2.24, 2.45) is 0 Å². The molecule has 0 unspecified atom stereocenters. The summed E-state index contributed by atoms with van der Waals surface area (Å²) in [6.45, 7) is 0. The minimum absolute atomic E-state index is 0.522. The van der Waals surface area contributed by atoms with E-state index in [1.165, 1.54) is 0 Å². The zero-order chi connectivity index (χ0) is 5.98. The molecule has 2 heteroatoms. The molecule has 1 aromatic rings. The van der Waals surface area contributed by atoms with Gasteiger partial charge in [0.15, 0.2) is 0 Å². The van der Waals surface area contributed by atoms with Crippen LogP contribution >= 0.6 is 23.2 Å². The summed E-state index contributed by atoms with van der Waals surface area (Å²) in [4.78, 5) is 0. The molecule has 0 aromatic heterocycles. The fourth-order valence-electron chi connectivity index (χ4n) is 0.369. The molecule has 0 spiro atoms. The Hall–Kier alpha value is -0.200. The van der Waals surface area contributed by atoms with Crippen LogP contribution in [0.25, 0.3) is 0 Å². The lowest BCUT2D eigenvalue weighted by molar-refractivity contribution is 1.67. The monoisotopic (exact) mass is 144 g/mol. The van der Waals surface area contributed by atoms with Crippen LogP contribution in [-0.2, 0) is 0 Å². The molecule has 0 aliphatic carbocycles. The molecular weight excluding hydrogens is 143 g/mol. The molecule has 0 nitrogen and oxygen atoms in total. The largest absolute Gasteiger partial charge is 0.0836 e. The highest BCUT2D eigenvalue weighted by atomic mass is 35.5. The Balaban J connectivity index is 3.08. The third-order valence-electron chi connectivity index (χ3n) is 0.674. The van der Waals surface area contributed by atoms with Crippen LogP contribution in [0.3, 0.4) is 0 Å². The number of hydrogen-bond acceptors (Lipinski definition) is 0. The normalized spacial score (nSPS) is 9.25. The van der Waals surface area contributed by atoms with Crippen molar-refractivity contribution in [3.05, 3.63) is 34.3 Å². The van der Waals surface area contributed by atoms with E-state index in [9.17, 15) is 0 Å². The maximum absolute atomic E-state index is 5.48. The molecule has 1 aromatic carbocycles. The van der Waals surface area contributed by atoms with Gasteiger partial charge in [0.1, 0.15) is 0 Å². The van der Waals surface area contributed by atoms with Gasteiger partial charge in [-0.25, -0.2) is 0 Å². The van der Waals surface area contributed by atoms with Gasteiger partial charge in [-0.1, -0.05) is 23.2 Å². The molecule has 0 N–H and O–H groups in total. The molecule has 0 heterocycles. The van der Waals surface area contributed by atoms with Crippen molar-refractivity contribution in [3.63, 3.8) is 0 Å². The maximum Gasteiger partial charge on any atom is 0.0500 e. The van der Waals surface area contributed by atoms with E-state index in [1.807, 2.05) is 0 Å². The molecule has 0 aliphatic heterocycles. The Morgan fingerprint density at radius 1 is 1.12 bits per heavy atom. The van der Waals surface area contributed by atoms with Crippen molar-refractivity contribution in [2.45, 2.75) is 0 Å². The highest BCUT2D eigenvalue weighted by Gasteiger charge is 1.86. The van der Waals surface area contributed by atoms with Crippen molar-refractivity contribution in [1.29, 1.82) is 0 Å². The zero-order valence-electron chi connectivity index (χ0n) is 3.91. The predicted molar refractivity (Wildman–Crippen MR) is 34.1 cm³/mol. The highest BCUT2D eigenvalue weighted by Crippen LogP contribution is 2.12. The van der Waals surface area contributed by atoms with E-state index >= 15 is 0 Å². The zero-order valence-corrected chi connectivity index (χ0v) is 5.42.